The van der Waals surface area contributed by atoms with Crippen LogP contribution < -0.4 is 0 Å². The lowest BCUT2D eigenvalue weighted by Crippen LogP contribution is -2.32. The molecule has 118 valence electrons. The highest BCUT2D eigenvalue weighted by Gasteiger charge is 2.28. The number of esters is 1. The molecule has 23 heavy (non-hydrogen) atoms. The number of ether oxygens (including phenoxy) is 1. The first-order valence-electron chi connectivity index (χ1n) is 7.21. The molecule has 0 radical (unpaired) electrons. The Morgan fingerprint density at radius 2 is 2.17 bits per heavy atom. The van der Waals surface area contributed by atoms with Crippen LogP contribution in [-0.4, -0.2) is 32.2 Å². The third-order valence-corrected chi connectivity index (χ3v) is 3.68. The summed E-state index contributed by atoms with van der Waals surface area (Å²) in [6, 6.07) is 7.33. The molecule has 0 unspecified atom stereocenters. The highest BCUT2D eigenvalue weighted by Crippen LogP contribution is 2.33. The van der Waals surface area contributed by atoms with E-state index < -0.39 is 5.97 Å². The quantitative estimate of drug-likeness (QED) is 0.870. The normalized spacial score (nSPS) is 16.0. The Balaban J connectivity index is 1.74. The van der Waals surface area contributed by atoms with E-state index in [9.17, 15) is 9.59 Å². The largest absolute Gasteiger partial charge is 0.459 e. The summed E-state index contributed by atoms with van der Waals surface area (Å²) in [6.45, 7) is 1.53. The molecule has 1 amide bonds. The molecule has 3 rings (SSSR count). The van der Waals surface area contributed by atoms with Crippen molar-refractivity contribution in [3.05, 3.63) is 53.5 Å². The predicted molar refractivity (Wildman–Crippen MR) is 81.5 cm³/mol. The van der Waals surface area contributed by atoms with Gasteiger partial charge in [-0.05, 0) is 17.2 Å². The molecule has 1 atom stereocenters. The van der Waals surface area contributed by atoms with Gasteiger partial charge in [0.05, 0.1) is 18.7 Å². The minimum Gasteiger partial charge on any atom is -0.459 e. The highest BCUT2D eigenvalue weighted by molar-refractivity contribution is 5.80. The third kappa shape index (κ3) is 3.28. The molecule has 1 aliphatic rings. The van der Waals surface area contributed by atoms with Gasteiger partial charge in [-0.3, -0.25) is 9.59 Å². The highest BCUT2D eigenvalue weighted by atomic mass is 16.5. The Morgan fingerprint density at radius 1 is 1.35 bits per heavy atom. The number of amides is 1. The Hall–Kier alpha value is -2.96. The van der Waals surface area contributed by atoms with Crippen molar-refractivity contribution in [3.63, 3.8) is 0 Å². The number of carbonyl (C=O) groups excluding carboxylic acids is 2. The van der Waals surface area contributed by atoms with Crippen LogP contribution in [0.1, 0.15) is 36.2 Å². The third-order valence-electron chi connectivity index (χ3n) is 3.68. The van der Waals surface area contributed by atoms with E-state index in [0.717, 1.165) is 11.1 Å². The summed E-state index contributed by atoms with van der Waals surface area (Å²) in [7, 11) is 0. The number of nitrogens with one attached hydrogen (secondary N) is 1. The molecule has 0 aliphatic carbocycles. The molecule has 0 saturated carbocycles. The lowest BCUT2D eigenvalue weighted by molar-refractivity contribution is -0.147. The molecule has 7 nitrogen and oxygen atoms in total. The molecule has 0 bridgehead atoms. The van der Waals surface area contributed by atoms with Crippen LogP contribution in [0, 0.1) is 0 Å². The van der Waals surface area contributed by atoms with E-state index in [1.807, 2.05) is 30.3 Å². The Bertz CT molecular complexity index is 740. The average molecular weight is 312 g/mol. The first-order chi connectivity index (χ1) is 11.1. The number of rotatable bonds is 4. The summed E-state index contributed by atoms with van der Waals surface area (Å²) in [5.41, 5.74) is 2.48. The Kier molecular flexibility index (Phi) is 4.18. The fourth-order valence-corrected chi connectivity index (χ4v) is 2.58. The van der Waals surface area contributed by atoms with Crippen molar-refractivity contribution in [1.29, 1.82) is 0 Å². The van der Waals surface area contributed by atoms with Gasteiger partial charge < -0.3 is 9.64 Å². The van der Waals surface area contributed by atoms with Crippen LogP contribution in [0.25, 0.3) is 6.08 Å². The molecule has 2 heterocycles. The van der Waals surface area contributed by atoms with E-state index in [-0.39, 0.29) is 25.0 Å². The average Bonchev–Trinajstić information content (AvgIpc) is 3.06. The molecular weight excluding hydrogens is 296 g/mol. The van der Waals surface area contributed by atoms with E-state index in [1.54, 1.807) is 11.1 Å². The summed E-state index contributed by atoms with van der Waals surface area (Å²) in [5, 5.41) is 9.93. The van der Waals surface area contributed by atoms with Crippen molar-refractivity contribution in [3.8, 4) is 0 Å². The summed E-state index contributed by atoms with van der Waals surface area (Å²) >= 11 is 0. The van der Waals surface area contributed by atoms with Crippen LogP contribution in [0.4, 0.5) is 0 Å². The van der Waals surface area contributed by atoms with Gasteiger partial charge in [0.25, 0.3) is 0 Å². The van der Waals surface area contributed by atoms with Crippen LogP contribution in [0.5, 0.6) is 0 Å². The van der Waals surface area contributed by atoms with Gasteiger partial charge in [-0.2, -0.15) is 15.4 Å². The maximum absolute atomic E-state index is 12.1. The summed E-state index contributed by atoms with van der Waals surface area (Å²) < 4.78 is 5.21. The van der Waals surface area contributed by atoms with Gasteiger partial charge in [-0.1, -0.05) is 24.3 Å². The van der Waals surface area contributed by atoms with Gasteiger partial charge in [0.2, 0.25) is 5.91 Å². The number of aromatic amines is 1. The summed E-state index contributed by atoms with van der Waals surface area (Å²) in [6.07, 6.45) is 5.15. The SMILES string of the molecule is CC(=O)N1C=Cc2ccccc2[C@H]1CC(=O)OCc1cn[nH]n1. The van der Waals surface area contributed by atoms with E-state index in [0.29, 0.717) is 5.69 Å². The number of benzene rings is 1. The molecule has 0 spiro atoms. The second-order valence-corrected chi connectivity index (χ2v) is 5.21. The molecule has 1 aromatic heterocycles. The molecule has 1 aliphatic heterocycles. The van der Waals surface area contributed by atoms with Crippen molar-refractivity contribution in [2.45, 2.75) is 26.0 Å². The van der Waals surface area contributed by atoms with E-state index in [4.69, 9.17) is 4.74 Å². The van der Waals surface area contributed by atoms with E-state index >= 15 is 0 Å². The molecule has 1 N–H and O–H groups in total. The lowest BCUT2D eigenvalue weighted by atomic mass is 9.94. The smallest absolute Gasteiger partial charge is 0.308 e. The van der Waals surface area contributed by atoms with Crippen molar-refractivity contribution in [2.75, 3.05) is 0 Å². The first-order valence-corrected chi connectivity index (χ1v) is 7.21. The second-order valence-electron chi connectivity index (χ2n) is 5.21. The minimum atomic E-state index is -0.394. The van der Waals surface area contributed by atoms with Crippen molar-refractivity contribution in [2.24, 2.45) is 0 Å². The van der Waals surface area contributed by atoms with E-state index in [1.165, 1.54) is 13.1 Å². The fourth-order valence-electron chi connectivity index (χ4n) is 2.58. The predicted octanol–water partition coefficient (Wildman–Crippen LogP) is 1.81. The number of H-pyrrole nitrogens is 1. The van der Waals surface area contributed by atoms with E-state index in [2.05, 4.69) is 15.4 Å². The Labute approximate surface area is 132 Å². The van der Waals surface area contributed by atoms with Crippen LogP contribution in [-0.2, 0) is 20.9 Å². The number of aromatic nitrogens is 3. The van der Waals surface area contributed by atoms with Gasteiger partial charge in [0.1, 0.15) is 12.3 Å². The fraction of sp³-hybridized carbons (Fsp3) is 0.250. The molecule has 1 aromatic carbocycles. The zero-order chi connectivity index (χ0) is 16.2. The number of hydrogen-bond donors (Lipinski definition) is 1. The van der Waals surface area contributed by atoms with Crippen LogP contribution in [0.2, 0.25) is 0 Å². The zero-order valence-corrected chi connectivity index (χ0v) is 12.6. The number of nitrogens with zero attached hydrogens (tertiary/aromatic N) is 3. The zero-order valence-electron chi connectivity index (χ0n) is 12.6. The number of hydrogen-bond acceptors (Lipinski definition) is 5. The van der Waals surface area contributed by atoms with Gasteiger partial charge in [-0.15, -0.1) is 0 Å². The second kappa shape index (κ2) is 6.43. The van der Waals surface area contributed by atoms with Crippen LogP contribution >= 0.6 is 0 Å². The minimum absolute atomic E-state index is 0.0552. The molecule has 7 heteroatoms. The summed E-state index contributed by atoms with van der Waals surface area (Å²) in [4.78, 5) is 25.5. The van der Waals surface area contributed by atoms with Gasteiger partial charge in [-0.25, -0.2) is 0 Å². The number of fused-ring (bicyclic) bond motifs is 1. The van der Waals surface area contributed by atoms with Crippen molar-refractivity contribution < 1.29 is 14.3 Å². The maximum Gasteiger partial charge on any atom is 0.308 e. The molecule has 2 aromatic rings. The van der Waals surface area contributed by atoms with Crippen molar-refractivity contribution in [1.82, 2.24) is 20.3 Å². The standard InChI is InChI=1S/C16H16N4O3/c1-11(21)20-7-6-12-4-2-3-5-14(12)15(20)8-16(22)23-10-13-9-17-19-18-13/h2-7,9,15H,8,10H2,1H3,(H,17,18,19)/t15-/m1/s1. The van der Waals surface area contributed by atoms with Gasteiger partial charge in [0, 0.05) is 13.1 Å². The maximum atomic E-state index is 12.1. The van der Waals surface area contributed by atoms with Gasteiger partial charge in [0.15, 0.2) is 0 Å². The molecule has 0 fully saturated rings. The molecular formula is C16H16N4O3. The topological polar surface area (TPSA) is 88.2 Å². The summed E-state index contributed by atoms with van der Waals surface area (Å²) in [5.74, 6) is -0.514. The monoisotopic (exact) mass is 312 g/mol. The first kappa shape index (κ1) is 15.0. The Morgan fingerprint density at radius 3 is 2.91 bits per heavy atom. The van der Waals surface area contributed by atoms with Crippen LogP contribution in [0.15, 0.2) is 36.7 Å². The van der Waals surface area contributed by atoms with Crippen molar-refractivity contribution >= 4 is 18.0 Å². The molecule has 0 saturated heterocycles. The van der Waals surface area contributed by atoms with Crippen LogP contribution in [0.3, 0.4) is 0 Å². The lowest BCUT2D eigenvalue weighted by Gasteiger charge is -2.32. The van der Waals surface area contributed by atoms with Gasteiger partial charge >= 0.3 is 5.97 Å². The number of carbonyl (C=O) groups is 2.